The van der Waals surface area contributed by atoms with Crippen molar-refractivity contribution in [2.45, 2.75) is 25.7 Å². The Bertz CT molecular complexity index is 605. The van der Waals surface area contributed by atoms with E-state index in [1.54, 1.807) is 23.2 Å². The molecule has 1 aromatic carbocycles. The Labute approximate surface area is 138 Å². The molecule has 0 saturated carbocycles. The number of halogens is 1. The number of nitrogens with zero attached hydrogens (tertiary/aromatic N) is 3. The normalized spacial score (nSPS) is 18.6. The van der Waals surface area contributed by atoms with E-state index < -0.39 is 11.4 Å². The highest BCUT2D eigenvalue weighted by molar-refractivity contribution is 7.90. The van der Waals surface area contributed by atoms with Gasteiger partial charge >= 0.3 is 0 Å². The molecule has 0 amide bonds. The Morgan fingerprint density at radius 1 is 1.59 bits per heavy atom. The summed E-state index contributed by atoms with van der Waals surface area (Å²) in [7, 11) is 0. The smallest absolute Gasteiger partial charge is 0.269 e. The minimum absolute atomic E-state index is 0.0395. The van der Waals surface area contributed by atoms with E-state index in [0.29, 0.717) is 34.7 Å². The van der Waals surface area contributed by atoms with E-state index in [2.05, 4.69) is 28.7 Å². The fraction of sp³-hybridized carbons (Fsp3) is 0.429. The van der Waals surface area contributed by atoms with Gasteiger partial charge in [-0.25, -0.2) is 5.01 Å². The van der Waals surface area contributed by atoms with Gasteiger partial charge in [0, 0.05) is 24.2 Å². The van der Waals surface area contributed by atoms with Crippen molar-refractivity contribution >= 4 is 40.8 Å². The SMILES string of the molecule is CCN/C(=N\[S+]([O-])c1ccc(N)c(Cl)c1)N1CC(C)(C)C=N1. The lowest BCUT2D eigenvalue weighted by Crippen LogP contribution is -2.39. The number of nitrogen functional groups attached to an aromatic ring is 1. The highest BCUT2D eigenvalue weighted by Crippen LogP contribution is 2.25. The van der Waals surface area contributed by atoms with Crippen molar-refractivity contribution in [2.75, 3.05) is 18.8 Å². The zero-order valence-electron chi connectivity index (χ0n) is 12.8. The van der Waals surface area contributed by atoms with Crippen molar-refractivity contribution in [3.05, 3.63) is 23.2 Å². The number of nitrogens with two attached hydrogens (primary N) is 1. The van der Waals surface area contributed by atoms with Crippen molar-refractivity contribution in [3.8, 4) is 0 Å². The molecule has 0 bridgehead atoms. The second-order valence-corrected chi connectivity index (χ2v) is 7.23. The molecule has 22 heavy (non-hydrogen) atoms. The second kappa shape index (κ2) is 6.76. The molecule has 1 aliphatic heterocycles. The third-order valence-corrected chi connectivity index (χ3v) is 4.35. The van der Waals surface area contributed by atoms with E-state index in [0.717, 1.165) is 0 Å². The van der Waals surface area contributed by atoms with Crippen molar-refractivity contribution in [1.29, 1.82) is 0 Å². The number of anilines is 1. The number of rotatable bonds is 3. The molecular formula is C14H20ClN5OS. The summed E-state index contributed by atoms with van der Waals surface area (Å²) < 4.78 is 16.7. The number of nitrogens with one attached hydrogen (secondary N) is 1. The molecule has 1 atom stereocenters. The van der Waals surface area contributed by atoms with Gasteiger partial charge in [-0.3, -0.25) is 0 Å². The molecule has 1 unspecified atom stereocenters. The predicted octanol–water partition coefficient (Wildman–Crippen LogP) is 2.24. The van der Waals surface area contributed by atoms with Crippen LogP contribution in [0.15, 0.2) is 32.6 Å². The molecule has 1 heterocycles. The van der Waals surface area contributed by atoms with Gasteiger partial charge in [-0.2, -0.15) is 5.10 Å². The van der Waals surface area contributed by atoms with Crippen LogP contribution in [0.5, 0.6) is 0 Å². The summed E-state index contributed by atoms with van der Waals surface area (Å²) in [5.41, 5.74) is 6.07. The summed E-state index contributed by atoms with van der Waals surface area (Å²) in [4.78, 5) is 0.497. The highest BCUT2D eigenvalue weighted by Gasteiger charge is 2.29. The lowest BCUT2D eigenvalue weighted by atomic mass is 9.97. The Morgan fingerprint density at radius 3 is 2.86 bits per heavy atom. The third-order valence-electron chi connectivity index (χ3n) is 3.03. The molecule has 3 N–H and O–H groups in total. The van der Waals surface area contributed by atoms with Gasteiger partial charge in [0.1, 0.15) is 11.4 Å². The van der Waals surface area contributed by atoms with E-state index in [1.165, 1.54) is 0 Å². The fourth-order valence-electron chi connectivity index (χ4n) is 1.90. The Balaban J connectivity index is 2.22. The Morgan fingerprint density at radius 2 is 2.32 bits per heavy atom. The van der Waals surface area contributed by atoms with Crippen molar-refractivity contribution < 1.29 is 4.55 Å². The zero-order valence-corrected chi connectivity index (χ0v) is 14.4. The first-order chi connectivity index (χ1) is 10.3. The molecule has 120 valence electrons. The van der Waals surface area contributed by atoms with E-state index in [1.807, 2.05) is 13.1 Å². The van der Waals surface area contributed by atoms with E-state index >= 15 is 0 Å². The molecule has 0 saturated heterocycles. The average molecular weight is 342 g/mol. The first kappa shape index (κ1) is 16.9. The zero-order chi connectivity index (χ0) is 16.3. The molecular weight excluding hydrogens is 322 g/mol. The maximum Gasteiger partial charge on any atom is 0.269 e. The molecule has 1 aliphatic rings. The first-order valence-corrected chi connectivity index (χ1v) is 8.43. The van der Waals surface area contributed by atoms with Crippen LogP contribution in [0, 0.1) is 5.41 Å². The van der Waals surface area contributed by atoms with Crippen LogP contribution in [0.2, 0.25) is 5.02 Å². The van der Waals surface area contributed by atoms with Gasteiger partial charge in [0.2, 0.25) is 0 Å². The van der Waals surface area contributed by atoms with Gasteiger partial charge in [-0.1, -0.05) is 25.4 Å². The molecule has 1 aromatic rings. The minimum Gasteiger partial charge on any atom is -0.586 e. The van der Waals surface area contributed by atoms with Gasteiger partial charge in [-0.05, 0) is 23.5 Å². The summed E-state index contributed by atoms with van der Waals surface area (Å²) in [6.45, 7) is 7.44. The van der Waals surface area contributed by atoms with Crippen LogP contribution in [0.4, 0.5) is 5.69 Å². The van der Waals surface area contributed by atoms with Gasteiger partial charge in [0.25, 0.3) is 5.96 Å². The van der Waals surface area contributed by atoms with Gasteiger partial charge in [0.05, 0.1) is 17.3 Å². The van der Waals surface area contributed by atoms with Crippen LogP contribution >= 0.6 is 11.6 Å². The van der Waals surface area contributed by atoms with Crippen LogP contribution < -0.4 is 11.1 Å². The summed E-state index contributed by atoms with van der Waals surface area (Å²) >= 11 is 4.38. The number of guanidine groups is 1. The Hall–Kier alpha value is -1.44. The molecule has 8 heteroatoms. The predicted molar refractivity (Wildman–Crippen MR) is 92.4 cm³/mol. The summed E-state index contributed by atoms with van der Waals surface area (Å²) in [6.07, 6.45) is 1.86. The number of hydrazone groups is 1. The van der Waals surface area contributed by atoms with Gasteiger partial charge < -0.3 is 15.6 Å². The molecule has 2 rings (SSSR count). The number of benzene rings is 1. The van der Waals surface area contributed by atoms with Crippen LogP contribution in [-0.2, 0) is 11.4 Å². The van der Waals surface area contributed by atoms with Gasteiger partial charge in [0.15, 0.2) is 4.90 Å². The summed E-state index contributed by atoms with van der Waals surface area (Å²) in [6, 6.07) is 4.84. The highest BCUT2D eigenvalue weighted by atomic mass is 35.5. The quantitative estimate of drug-likeness (QED) is 0.382. The van der Waals surface area contributed by atoms with Crippen LogP contribution in [0.3, 0.4) is 0 Å². The van der Waals surface area contributed by atoms with E-state index in [4.69, 9.17) is 17.3 Å². The summed E-state index contributed by atoms with van der Waals surface area (Å²) in [5, 5.41) is 9.51. The van der Waals surface area contributed by atoms with Crippen LogP contribution in [0.25, 0.3) is 0 Å². The number of hydrogen-bond donors (Lipinski definition) is 2. The standard InChI is InChI=1S/C14H20ClN5OS/c1-4-17-13(20-9-14(2,3)8-18-20)19-22(21)10-5-6-12(16)11(15)7-10/h5-8H,4,9,16H2,1-3H3,(H,17,19). The molecule has 0 aromatic heterocycles. The monoisotopic (exact) mass is 341 g/mol. The lowest BCUT2D eigenvalue weighted by molar-refractivity contribution is 0.376. The second-order valence-electron chi connectivity index (χ2n) is 5.67. The van der Waals surface area contributed by atoms with Crippen molar-refractivity contribution in [2.24, 2.45) is 14.9 Å². The lowest BCUT2D eigenvalue weighted by Gasteiger charge is -2.20. The first-order valence-electron chi connectivity index (χ1n) is 6.94. The Kier molecular flexibility index (Phi) is 5.20. The van der Waals surface area contributed by atoms with Crippen molar-refractivity contribution in [1.82, 2.24) is 10.3 Å². The minimum atomic E-state index is -1.58. The fourth-order valence-corrected chi connectivity index (χ4v) is 2.97. The van der Waals surface area contributed by atoms with Crippen LogP contribution in [0.1, 0.15) is 20.8 Å². The molecule has 0 spiro atoms. The molecule has 0 fully saturated rings. The van der Waals surface area contributed by atoms with Gasteiger partial charge in [-0.15, -0.1) is 0 Å². The van der Waals surface area contributed by atoms with E-state index in [-0.39, 0.29) is 5.41 Å². The number of hydrogen-bond acceptors (Lipinski definition) is 4. The van der Waals surface area contributed by atoms with Crippen molar-refractivity contribution in [3.63, 3.8) is 0 Å². The topological polar surface area (TPSA) is 89.1 Å². The van der Waals surface area contributed by atoms with E-state index in [9.17, 15) is 4.55 Å². The molecule has 0 aliphatic carbocycles. The van der Waals surface area contributed by atoms with Crippen LogP contribution in [-0.4, -0.2) is 34.8 Å². The maximum atomic E-state index is 12.4. The molecule has 6 nitrogen and oxygen atoms in total. The third kappa shape index (κ3) is 4.06. The molecule has 0 radical (unpaired) electrons. The largest absolute Gasteiger partial charge is 0.586 e. The maximum absolute atomic E-state index is 12.4. The summed E-state index contributed by atoms with van der Waals surface area (Å²) in [5.74, 6) is 0.482. The average Bonchev–Trinajstić information content (AvgIpc) is 2.81.